The first kappa shape index (κ1) is 19.7. The minimum atomic E-state index is -3.92. The van der Waals surface area contributed by atoms with Crippen molar-refractivity contribution in [2.24, 2.45) is 0 Å². The van der Waals surface area contributed by atoms with E-state index < -0.39 is 15.9 Å². The third kappa shape index (κ3) is 5.35. The van der Waals surface area contributed by atoms with Crippen LogP contribution in [0, 0.1) is 0 Å². The molecular formula is C14H21ClN2O5S. The number of hydrogen-bond donors (Lipinski definition) is 1. The molecule has 0 aliphatic rings. The van der Waals surface area contributed by atoms with Gasteiger partial charge in [0.2, 0.25) is 15.9 Å². The van der Waals surface area contributed by atoms with Crippen LogP contribution in [0.4, 0.5) is 0 Å². The Morgan fingerprint density at radius 1 is 1.39 bits per heavy atom. The van der Waals surface area contributed by atoms with Crippen LogP contribution in [0.25, 0.3) is 0 Å². The molecule has 0 spiro atoms. The molecule has 0 aliphatic heterocycles. The van der Waals surface area contributed by atoms with Gasteiger partial charge in [0, 0.05) is 25.2 Å². The maximum absolute atomic E-state index is 12.6. The SMILES string of the molecule is COC[C@H](C)NC(=O)CN(C)S(=O)(=O)c1cc(Cl)ccc1OC. The lowest BCUT2D eigenvalue weighted by molar-refractivity contribution is -0.122. The Morgan fingerprint density at radius 3 is 2.61 bits per heavy atom. The highest BCUT2D eigenvalue weighted by Gasteiger charge is 2.27. The predicted molar refractivity (Wildman–Crippen MR) is 87.3 cm³/mol. The number of nitrogens with one attached hydrogen (secondary N) is 1. The van der Waals surface area contributed by atoms with Crippen molar-refractivity contribution in [3.05, 3.63) is 23.2 Å². The normalized spacial score (nSPS) is 13.0. The van der Waals surface area contributed by atoms with Crippen molar-refractivity contribution in [2.45, 2.75) is 17.9 Å². The van der Waals surface area contributed by atoms with Gasteiger partial charge in [-0.2, -0.15) is 4.31 Å². The molecule has 1 amide bonds. The van der Waals surface area contributed by atoms with Crippen molar-refractivity contribution in [2.75, 3.05) is 34.4 Å². The zero-order valence-electron chi connectivity index (χ0n) is 13.5. The summed E-state index contributed by atoms with van der Waals surface area (Å²) in [4.78, 5) is 11.8. The highest BCUT2D eigenvalue weighted by molar-refractivity contribution is 7.89. The summed E-state index contributed by atoms with van der Waals surface area (Å²) in [6, 6.07) is 4.06. The fraction of sp³-hybridized carbons (Fsp3) is 0.500. The van der Waals surface area contributed by atoms with E-state index >= 15 is 0 Å². The molecule has 0 radical (unpaired) electrons. The topological polar surface area (TPSA) is 84.9 Å². The Hall–Kier alpha value is -1.35. The number of benzene rings is 1. The molecular weight excluding hydrogens is 344 g/mol. The zero-order chi connectivity index (χ0) is 17.6. The number of hydrogen-bond acceptors (Lipinski definition) is 5. The van der Waals surface area contributed by atoms with E-state index in [2.05, 4.69) is 5.32 Å². The average molecular weight is 365 g/mol. The molecule has 0 bridgehead atoms. The van der Waals surface area contributed by atoms with Gasteiger partial charge in [-0.05, 0) is 25.1 Å². The molecule has 23 heavy (non-hydrogen) atoms. The zero-order valence-corrected chi connectivity index (χ0v) is 15.1. The third-order valence-electron chi connectivity index (χ3n) is 3.00. The smallest absolute Gasteiger partial charge is 0.247 e. The minimum Gasteiger partial charge on any atom is -0.495 e. The van der Waals surface area contributed by atoms with E-state index in [-0.39, 0.29) is 28.3 Å². The molecule has 0 heterocycles. The molecule has 0 saturated carbocycles. The van der Waals surface area contributed by atoms with Crippen LogP contribution in [-0.4, -0.2) is 59.1 Å². The van der Waals surface area contributed by atoms with Gasteiger partial charge in [-0.25, -0.2) is 8.42 Å². The summed E-state index contributed by atoms with van der Waals surface area (Å²) in [7, 11) is 0.281. The molecule has 1 aromatic rings. The maximum Gasteiger partial charge on any atom is 0.247 e. The summed E-state index contributed by atoms with van der Waals surface area (Å²) in [5.74, 6) is -0.268. The second kappa shape index (κ2) is 8.49. The minimum absolute atomic E-state index is 0.0901. The van der Waals surface area contributed by atoms with Crippen LogP contribution < -0.4 is 10.1 Å². The van der Waals surface area contributed by atoms with Gasteiger partial charge in [0.05, 0.1) is 20.3 Å². The Labute approximate surface area is 141 Å². The van der Waals surface area contributed by atoms with Crippen LogP contribution in [0.3, 0.4) is 0 Å². The van der Waals surface area contributed by atoms with E-state index in [0.717, 1.165) is 4.31 Å². The second-order valence-corrected chi connectivity index (χ2v) is 7.43. The lowest BCUT2D eigenvalue weighted by Crippen LogP contribution is -2.43. The van der Waals surface area contributed by atoms with Gasteiger partial charge >= 0.3 is 0 Å². The Kier molecular flexibility index (Phi) is 7.27. The van der Waals surface area contributed by atoms with Crippen LogP contribution in [0.15, 0.2) is 23.1 Å². The fourth-order valence-corrected chi connectivity index (χ4v) is 3.46. The van der Waals surface area contributed by atoms with E-state index in [1.807, 2.05) is 0 Å². The second-order valence-electron chi connectivity index (χ2n) is 4.98. The summed E-state index contributed by atoms with van der Waals surface area (Å²) in [6.07, 6.45) is 0. The summed E-state index contributed by atoms with van der Waals surface area (Å²) < 4.78 is 36.1. The first-order valence-corrected chi connectivity index (χ1v) is 8.62. The third-order valence-corrected chi connectivity index (χ3v) is 5.06. The quantitative estimate of drug-likeness (QED) is 0.747. The molecule has 0 aromatic heterocycles. The van der Waals surface area contributed by atoms with E-state index in [0.29, 0.717) is 6.61 Å². The molecule has 1 rings (SSSR count). The number of amides is 1. The van der Waals surface area contributed by atoms with Gasteiger partial charge in [0.1, 0.15) is 10.6 Å². The van der Waals surface area contributed by atoms with Crippen molar-refractivity contribution in [1.82, 2.24) is 9.62 Å². The van der Waals surface area contributed by atoms with Gasteiger partial charge < -0.3 is 14.8 Å². The molecule has 130 valence electrons. The van der Waals surface area contributed by atoms with Gasteiger partial charge in [-0.3, -0.25) is 4.79 Å². The van der Waals surface area contributed by atoms with Gasteiger partial charge in [0.15, 0.2) is 0 Å². The number of likely N-dealkylation sites (N-methyl/N-ethyl adjacent to an activating group) is 1. The highest BCUT2D eigenvalue weighted by Crippen LogP contribution is 2.28. The molecule has 1 atom stereocenters. The van der Waals surface area contributed by atoms with E-state index in [1.165, 1.54) is 39.5 Å². The summed E-state index contributed by atoms with van der Waals surface area (Å²) >= 11 is 5.86. The maximum atomic E-state index is 12.6. The number of ether oxygens (including phenoxy) is 2. The van der Waals surface area contributed by atoms with E-state index in [9.17, 15) is 13.2 Å². The highest BCUT2D eigenvalue weighted by atomic mass is 35.5. The number of carbonyl (C=O) groups excluding carboxylic acids is 1. The number of carbonyl (C=O) groups is 1. The molecule has 7 nitrogen and oxygen atoms in total. The van der Waals surface area contributed by atoms with Gasteiger partial charge in [-0.15, -0.1) is 0 Å². The first-order chi connectivity index (χ1) is 10.7. The predicted octanol–water partition coefficient (Wildman–Crippen LogP) is 1.12. The molecule has 1 aromatic carbocycles. The van der Waals surface area contributed by atoms with Crippen LogP contribution in [0.1, 0.15) is 6.92 Å². The van der Waals surface area contributed by atoms with Crippen LogP contribution in [-0.2, 0) is 19.6 Å². The molecule has 0 unspecified atom stereocenters. The monoisotopic (exact) mass is 364 g/mol. The average Bonchev–Trinajstić information content (AvgIpc) is 2.47. The standard InChI is InChI=1S/C14H21ClN2O5S/c1-10(9-21-3)16-14(18)8-17(2)23(19,20)13-7-11(15)5-6-12(13)22-4/h5-7,10H,8-9H2,1-4H3,(H,16,18)/t10-/m0/s1. The van der Waals surface area contributed by atoms with E-state index in [1.54, 1.807) is 6.92 Å². The molecule has 0 fully saturated rings. The largest absolute Gasteiger partial charge is 0.495 e. The molecule has 0 aliphatic carbocycles. The lowest BCUT2D eigenvalue weighted by atomic mass is 10.3. The number of halogens is 1. The first-order valence-electron chi connectivity index (χ1n) is 6.80. The van der Waals surface area contributed by atoms with Gasteiger partial charge in [-0.1, -0.05) is 11.6 Å². The molecule has 0 saturated heterocycles. The van der Waals surface area contributed by atoms with Crippen LogP contribution in [0.2, 0.25) is 5.02 Å². The van der Waals surface area contributed by atoms with Gasteiger partial charge in [0.25, 0.3) is 0 Å². The van der Waals surface area contributed by atoms with Crippen LogP contribution in [0.5, 0.6) is 5.75 Å². The Bertz CT molecular complexity index is 651. The summed E-state index contributed by atoms with van der Waals surface area (Å²) in [5.41, 5.74) is 0. The number of methoxy groups -OCH3 is 2. The fourth-order valence-electron chi connectivity index (χ4n) is 1.92. The number of nitrogens with zero attached hydrogens (tertiary/aromatic N) is 1. The van der Waals surface area contributed by atoms with Crippen molar-refractivity contribution in [3.8, 4) is 5.75 Å². The van der Waals surface area contributed by atoms with Crippen LogP contribution >= 0.6 is 11.6 Å². The molecule has 1 N–H and O–H groups in total. The summed E-state index contributed by atoms with van der Waals surface area (Å²) in [5, 5.41) is 2.91. The van der Waals surface area contributed by atoms with Crippen molar-refractivity contribution >= 4 is 27.5 Å². The van der Waals surface area contributed by atoms with Crippen molar-refractivity contribution in [3.63, 3.8) is 0 Å². The Balaban J connectivity index is 2.92. The van der Waals surface area contributed by atoms with Crippen molar-refractivity contribution < 1.29 is 22.7 Å². The Morgan fingerprint density at radius 2 is 2.04 bits per heavy atom. The number of rotatable bonds is 8. The summed E-state index contributed by atoms with van der Waals surface area (Å²) in [6.45, 7) is 1.77. The van der Waals surface area contributed by atoms with E-state index in [4.69, 9.17) is 21.1 Å². The number of sulfonamides is 1. The van der Waals surface area contributed by atoms with Crippen molar-refractivity contribution in [1.29, 1.82) is 0 Å². The lowest BCUT2D eigenvalue weighted by Gasteiger charge is -2.20. The molecule has 9 heteroatoms.